The molecule has 0 fully saturated rings. The van der Waals surface area contributed by atoms with E-state index in [4.69, 9.17) is 0 Å². The summed E-state index contributed by atoms with van der Waals surface area (Å²) in [5.74, 6) is 0. The predicted octanol–water partition coefficient (Wildman–Crippen LogP) is 2.08. The zero-order valence-electron chi connectivity index (χ0n) is 11.3. The molecule has 0 saturated heterocycles. The molecule has 0 amide bonds. The van der Waals surface area contributed by atoms with Crippen LogP contribution in [-0.2, 0) is 16.4 Å². The molecule has 0 atom stereocenters. The van der Waals surface area contributed by atoms with Gasteiger partial charge in [0.05, 0.1) is 4.90 Å². The van der Waals surface area contributed by atoms with Crippen molar-refractivity contribution in [1.29, 1.82) is 0 Å². The lowest BCUT2D eigenvalue weighted by molar-refractivity contribution is 0.581. The average Bonchev–Trinajstić information content (AvgIpc) is 2.92. The maximum atomic E-state index is 12.1. The van der Waals surface area contributed by atoms with Gasteiger partial charge in [0.15, 0.2) is 0 Å². The quantitative estimate of drug-likeness (QED) is 0.757. The second-order valence-electron chi connectivity index (χ2n) is 4.67. The van der Waals surface area contributed by atoms with Gasteiger partial charge in [-0.05, 0) is 36.2 Å². The fraction of sp³-hybridized carbons (Fsp3) is 0.133. The standard InChI is InChI=1S/C15H15N3O2S/c19-21(20,13-5-2-1-3-6-13)18-10-8-12-11-17-15-14(12)7-4-9-16-15/h1-7,9,11,18H,8,10H2,(H,16,17). The van der Waals surface area contributed by atoms with E-state index in [-0.39, 0.29) is 4.90 Å². The number of fused-ring (bicyclic) bond motifs is 1. The first-order chi connectivity index (χ1) is 10.2. The van der Waals surface area contributed by atoms with Gasteiger partial charge in [0, 0.05) is 24.3 Å². The van der Waals surface area contributed by atoms with E-state index in [1.54, 1.807) is 36.5 Å². The number of hydrogen-bond acceptors (Lipinski definition) is 3. The molecule has 6 heteroatoms. The highest BCUT2D eigenvalue weighted by Crippen LogP contribution is 2.16. The van der Waals surface area contributed by atoms with E-state index in [0.717, 1.165) is 16.6 Å². The molecule has 0 unspecified atom stereocenters. The van der Waals surface area contributed by atoms with Gasteiger partial charge in [-0.25, -0.2) is 18.1 Å². The molecule has 0 aliphatic rings. The van der Waals surface area contributed by atoms with Gasteiger partial charge in [-0.1, -0.05) is 18.2 Å². The molecule has 2 heterocycles. The van der Waals surface area contributed by atoms with E-state index in [0.29, 0.717) is 13.0 Å². The average molecular weight is 301 g/mol. The summed E-state index contributed by atoms with van der Waals surface area (Å²) < 4.78 is 26.8. The number of sulfonamides is 1. The third kappa shape index (κ3) is 2.96. The number of nitrogens with zero attached hydrogens (tertiary/aromatic N) is 1. The minimum atomic E-state index is -3.44. The first-order valence-corrected chi connectivity index (χ1v) is 8.11. The zero-order chi connectivity index (χ0) is 14.7. The highest BCUT2D eigenvalue weighted by Gasteiger charge is 2.13. The lowest BCUT2D eigenvalue weighted by Crippen LogP contribution is -2.25. The van der Waals surface area contributed by atoms with E-state index in [1.165, 1.54) is 0 Å². The van der Waals surface area contributed by atoms with Gasteiger partial charge in [0.1, 0.15) is 5.65 Å². The van der Waals surface area contributed by atoms with Crippen LogP contribution in [0, 0.1) is 0 Å². The SMILES string of the molecule is O=S(=O)(NCCc1c[nH]c2ncccc12)c1ccccc1. The van der Waals surface area contributed by atoms with E-state index >= 15 is 0 Å². The summed E-state index contributed by atoms with van der Waals surface area (Å²) in [6.45, 7) is 0.346. The van der Waals surface area contributed by atoms with E-state index in [2.05, 4.69) is 14.7 Å². The van der Waals surface area contributed by atoms with E-state index < -0.39 is 10.0 Å². The summed E-state index contributed by atoms with van der Waals surface area (Å²) in [5, 5.41) is 1.02. The maximum Gasteiger partial charge on any atom is 0.240 e. The van der Waals surface area contributed by atoms with Crippen molar-refractivity contribution in [1.82, 2.24) is 14.7 Å². The van der Waals surface area contributed by atoms with Crippen LogP contribution >= 0.6 is 0 Å². The number of rotatable bonds is 5. The summed E-state index contributed by atoms with van der Waals surface area (Å²) in [6, 6.07) is 12.2. The number of aromatic amines is 1. The number of hydrogen-bond donors (Lipinski definition) is 2. The second-order valence-corrected chi connectivity index (χ2v) is 6.44. The first-order valence-electron chi connectivity index (χ1n) is 6.62. The second kappa shape index (κ2) is 5.67. The minimum Gasteiger partial charge on any atom is -0.346 e. The van der Waals surface area contributed by atoms with Gasteiger partial charge in [-0.2, -0.15) is 0 Å². The molecule has 0 radical (unpaired) electrons. The van der Waals surface area contributed by atoms with Gasteiger partial charge >= 0.3 is 0 Å². The Hall–Kier alpha value is -2.18. The molecule has 2 aromatic heterocycles. The van der Waals surface area contributed by atoms with Crippen molar-refractivity contribution in [3.63, 3.8) is 0 Å². The highest BCUT2D eigenvalue weighted by molar-refractivity contribution is 7.89. The fourth-order valence-corrected chi connectivity index (χ4v) is 3.28. The van der Waals surface area contributed by atoms with Crippen molar-refractivity contribution in [2.45, 2.75) is 11.3 Å². The molecule has 108 valence electrons. The highest BCUT2D eigenvalue weighted by atomic mass is 32.2. The van der Waals surface area contributed by atoms with Crippen molar-refractivity contribution in [2.24, 2.45) is 0 Å². The van der Waals surface area contributed by atoms with Crippen LogP contribution in [0.25, 0.3) is 11.0 Å². The van der Waals surface area contributed by atoms with Crippen molar-refractivity contribution in [2.75, 3.05) is 6.54 Å². The molecular formula is C15H15N3O2S. The molecule has 5 nitrogen and oxygen atoms in total. The Labute approximate surface area is 123 Å². The van der Waals surface area contributed by atoms with Crippen molar-refractivity contribution < 1.29 is 8.42 Å². The Balaban J connectivity index is 1.69. The van der Waals surface area contributed by atoms with Crippen LogP contribution < -0.4 is 4.72 Å². The number of pyridine rings is 1. The Morgan fingerprint density at radius 2 is 1.90 bits per heavy atom. The number of nitrogens with one attached hydrogen (secondary N) is 2. The van der Waals surface area contributed by atoms with Crippen LogP contribution in [0.3, 0.4) is 0 Å². The molecule has 3 rings (SSSR count). The third-order valence-electron chi connectivity index (χ3n) is 3.28. The van der Waals surface area contributed by atoms with Gasteiger partial charge in [-0.15, -0.1) is 0 Å². The number of aromatic nitrogens is 2. The molecule has 2 N–H and O–H groups in total. The summed E-state index contributed by atoms with van der Waals surface area (Å²) in [6.07, 6.45) is 4.20. The maximum absolute atomic E-state index is 12.1. The van der Waals surface area contributed by atoms with Crippen LogP contribution in [0.1, 0.15) is 5.56 Å². The smallest absolute Gasteiger partial charge is 0.240 e. The Bertz CT molecular complexity index is 841. The summed E-state index contributed by atoms with van der Waals surface area (Å²) >= 11 is 0. The molecule has 21 heavy (non-hydrogen) atoms. The van der Waals surface area contributed by atoms with Crippen LogP contribution in [0.15, 0.2) is 59.8 Å². The fourth-order valence-electron chi connectivity index (χ4n) is 2.22. The summed E-state index contributed by atoms with van der Waals surface area (Å²) in [5.41, 5.74) is 1.87. The molecule has 0 bridgehead atoms. The molecule has 0 spiro atoms. The van der Waals surface area contributed by atoms with Crippen LogP contribution in [0.4, 0.5) is 0 Å². The van der Waals surface area contributed by atoms with Crippen molar-refractivity contribution in [3.05, 3.63) is 60.4 Å². The molecule has 0 aliphatic carbocycles. The lowest BCUT2D eigenvalue weighted by atomic mass is 10.2. The summed E-state index contributed by atoms with van der Waals surface area (Å²) in [4.78, 5) is 7.57. The van der Waals surface area contributed by atoms with Crippen molar-refractivity contribution >= 4 is 21.1 Å². The Kier molecular flexibility index (Phi) is 3.72. The zero-order valence-corrected chi connectivity index (χ0v) is 12.1. The van der Waals surface area contributed by atoms with Gasteiger partial charge in [0.2, 0.25) is 10.0 Å². The molecule has 1 aromatic carbocycles. The van der Waals surface area contributed by atoms with Gasteiger partial charge in [-0.3, -0.25) is 0 Å². The van der Waals surface area contributed by atoms with E-state index in [9.17, 15) is 8.42 Å². The lowest BCUT2D eigenvalue weighted by Gasteiger charge is -2.06. The topological polar surface area (TPSA) is 74.8 Å². The third-order valence-corrected chi connectivity index (χ3v) is 4.75. The first kappa shape index (κ1) is 13.8. The number of benzene rings is 1. The Morgan fingerprint density at radius 1 is 1.10 bits per heavy atom. The largest absolute Gasteiger partial charge is 0.346 e. The minimum absolute atomic E-state index is 0.283. The molecule has 0 saturated carbocycles. The van der Waals surface area contributed by atoms with Crippen molar-refractivity contribution in [3.8, 4) is 0 Å². The van der Waals surface area contributed by atoms with Gasteiger partial charge in [0.25, 0.3) is 0 Å². The number of H-pyrrole nitrogens is 1. The summed E-state index contributed by atoms with van der Waals surface area (Å²) in [7, 11) is -3.44. The molecular weight excluding hydrogens is 286 g/mol. The van der Waals surface area contributed by atoms with Crippen LogP contribution in [0.5, 0.6) is 0 Å². The monoisotopic (exact) mass is 301 g/mol. The van der Waals surface area contributed by atoms with Crippen LogP contribution in [0.2, 0.25) is 0 Å². The van der Waals surface area contributed by atoms with Gasteiger partial charge < -0.3 is 4.98 Å². The predicted molar refractivity (Wildman–Crippen MR) is 81.4 cm³/mol. The molecule has 0 aliphatic heterocycles. The van der Waals surface area contributed by atoms with E-state index in [1.807, 2.05) is 18.3 Å². The molecule has 3 aromatic rings. The normalized spacial score (nSPS) is 11.8. The van der Waals surface area contributed by atoms with Crippen LogP contribution in [-0.4, -0.2) is 24.9 Å². The Morgan fingerprint density at radius 3 is 2.71 bits per heavy atom.